The molecule has 70 valence electrons. The van der Waals surface area contributed by atoms with Crippen molar-refractivity contribution in [3.8, 4) is 0 Å². The molecule has 1 rings (SSSR count). The molecule has 1 atom stereocenters. The number of aliphatic hydroxyl groups excluding tert-OH is 1. The van der Waals surface area contributed by atoms with E-state index in [4.69, 9.17) is 5.11 Å². The molecule has 5 heteroatoms. The van der Waals surface area contributed by atoms with E-state index in [0.29, 0.717) is 5.56 Å². The average molecular weight is 181 g/mol. The predicted molar refractivity (Wildman–Crippen MR) is 46.0 cm³/mol. The summed E-state index contributed by atoms with van der Waals surface area (Å²) < 4.78 is 0. The van der Waals surface area contributed by atoms with E-state index in [0.717, 1.165) is 0 Å². The van der Waals surface area contributed by atoms with E-state index in [2.05, 4.69) is 15.5 Å². The van der Waals surface area contributed by atoms with Crippen LogP contribution in [0.3, 0.4) is 0 Å². The third-order valence-electron chi connectivity index (χ3n) is 1.40. The number of hydrogen-bond donors (Lipinski definition) is 2. The number of nitrogens with one attached hydrogen (secondary N) is 1. The largest absolute Gasteiger partial charge is 0.392 e. The van der Waals surface area contributed by atoms with E-state index in [9.17, 15) is 4.79 Å². The average Bonchev–Trinajstić information content (AvgIpc) is 2.15. The number of aromatic nitrogens is 2. The molecule has 0 aliphatic rings. The van der Waals surface area contributed by atoms with Crippen LogP contribution in [0.4, 0.5) is 0 Å². The number of aliphatic hydroxyl groups is 1. The van der Waals surface area contributed by atoms with Crippen molar-refractivity contribution >= 4 is 5.91 Å². The zero-order valence-electron chi connectivity index (χ0n) is 7.27. The lowest BCUT2D eigenvalue weighted by molar-refractivity contribution is 0.0923. The van der Waals surface area contributed by atoms with Gasteiger partial charge in [0, 0.05) is 6.54 Å². The standard InChI is InChI=1S/C8H11N3O2/c1-6(12)4-9-8(13)7-2-3-10-11-5-7/h2-3,5-6,12H,4H2,1H3,(H,9,13). The van der Waals surface area contributed by atoms with Crippen LogP contribution in [0.1, 0.15) is 17.3 Å². The van der Waals surface area contributed by atoms with Crippen molar-refractivity contribution in [2.24, 2.45) is 0 Å². The number of carbonyl (C=O) groups excluding carboxylic acids is 1. The van der Waals surface area contributed by atoms with E-state index in [1.165, 1.54) is 12.4 Å². The maximum atomic E-state index is 11.3. The predicted octanol–water partition coefficient (Wildman–Crippen LogP) is -0.413. The lowest BCUT2D eigenvalue weighted by atomic mass is 10.3. The molecular formula is C8H11N3O2. The Morgan fingerprint density at radius 2 is 2.46 bits per heavy atom. The van der Waals surface area contributed by atoms with Crippen LogP contribution in [0.15, 0.2) is 18.5 Å². The van der Waals surface area contributed by atoms with Gasteiger partial charge in [0.1, 0.15) is 0 Å². The Balaban J connectivity index is 2.50. The fourth-order valence-electron chi connectivity index (χ4n) is 0.767. The summed E-state index contributed by atoms with van der Waals surface area (Å²) in [5, 5.41) is 18.6. The molecule has 0 saturated carbocycles. The fraction of sp³-hybridized carbons (Fsp3) is 0.375. The molecule has 1 aromatic heterocycles. The van der Waals surface area contributed by atoms with E-state index in [-0.39, 0.29) is 12.5 Å². The van der Waals surface area contributed by atoms with Crippen LogP contribution >= 0.6 is 0 Å². The molecule has 1 heterocycles. The van der Waals surface area contributed by atoms with Crippen LogP contribution < -0.4 is 5.32 Å². The van der Waals surface area contributed by atoms with Gasteiger partial charge in [-0.15, -0.1) is 0 Å². The van der Waals surface area contributed by atoms with Gasteiger partial charge in [-0.1, -0.05) is 0 Å². The first-order valence-electron chi connectivity index (χ1n) is 3.93. The molecule has 13 heavy (non-hydrogen) atoms. The van der Waals surface area contributed by atoms with Crippen molar-refractivity contribution in [2.45, 2.75) is 13.0 Å². The first-order chi connectivity index (χ1) is 6.20. The summed E-state index contributed by atoms with van der Waals surface area (Å²) in [7, 11) is 0. The van der Waals surface area contributed by atoms with Gasteiger partial charge in [-0.2, -0.15) is 10.2 Å². The molecule has 0 spiro atoms. The molecule has 0 aromatic carbocycles. The van der Waals surface area contributed by atoms with Gasteiger partial charge in [-0.3, -0.25) is 4.79 Å². The first-order valence-corrected chi connectivity index (χ1v) is 3.93. The molecule has 1 unspecified atom stereocenters. The highest BCUT2D eigenvalue weighted by Crippen LogP contribution is 1.92. The highest BCUT2D eigenvalue weighted by atomic mass is 16.3. The van der Waals surface area contributed by atoms with Gasteiger partial charge >= 0.3 is 0 Å². The molecule has 0 bridgehead atoms. The van der Waals surface area contributed by atoms with Crippen molar-refractivity contribution in [2.75, 3.05) is 6.54 Å². The molecule has 0 fully saturated rings. The summed E-state index contributed by atoms with van der Waals surface area (Å²) in [6.07, 6.45) is 2.27. The van der Waals surface area contributed by atoms with E-state index in [1.807, 2.05) is 0 Å². The summed E-state index contributed by atoms with van der Waals surface area (Å²) >= 11 is 0. The topological polar surface area (TPSA) is 75.1 Å². The Hall–Kier alpha value is -1.49. The monoisotopic (exact) mass is 181 g/mol. The quantitative estimate of drug-likeness (QED) is 0.664. The van der Waals surface area contributed by atoms with Gasteiger partial charge in [-0.05, 0) is 13.0 Å². The van der Waals surface area contributed by atoms with Crippen LogP contribution in [0.2, 0.25) is 0 Å². The van der Waals surface area contributed by atoms with Crippen molar-refractivity contribution in [1.82, 2.24) is 15.5 Å². The smallest absolute Gasteiger partial charge is 0.253 e. The minimum atomic E-state index is -0.543. The Labute approximate surface area is 75.8 Å². The summed E-state index contributed by atoms with van der Waals surface area (Å²) in [6, 6.07) is 1.56. The van der Waals surface area contributed by atoms with E-state index >= 15 is 0 Å². The maximum Gasteiger partial charge on any atom is 0.253 e. The lowest BCUT2D eigenvalue weighted by Crippen LogP contribution is -2.30. The molecule has 0 aliphatic heterocycles. The molecule has 1 amide bonds. The zero-order chi connectivity index (χ0) is 9.68. The van der Waals surface area contributed by atoms with Crippen LogP contribution in [0.5, 0.6) is 0 Å². The number of rotatable bonds is 3. The number of nitrogens with zero attached hydrogens (tertiary/aromatic N) is 2. The molecule has 0 aliphatic carbocycles. The summed E-state index contributed by atoms with van der Waals surface area (Å²) in [4.78, 5) is 11.3. The van der Waals surface area contributed by atoms with Crippen LogP contribution in [-0.2, 0) is 0 Å². The van der Waals surface area contributed by atoms with E-state index in [1.54, 1.807) is 13.0 Å². The van der Waals surface area contributed by atoms with Gasteiger partial charge in [-0.25, -0.2) is 0 Å². The van der Waals surface area contributed by atoms with Crippen molar-refractivity contribution in [1.29, 1.82) is 0 Å². The summed E-state index contributed by atoms with van der Waals surface area (Å²) in [6.45, 7) is 1.84. The second kappa shape index (κ2) is 4.51. The summed E-state index contributed by atoms with van der Waals surface area (Å²) in [5.41, 5.74) is 0.440. The van der Waals surface area contributed by atoms with Crippen molar-refractivity contribution in [3.05, 3.63) is 24.0 Å². The second-order valence-corrected chi connectivity index (χ2v) is 2.69. The molecule has 2 N–H and O–H groups in total. The van der Waals surface area contributed by atoms with Crippen LogP contribution in [-0.4, -0.2) is 33.9 Å². The molecule has 5 nitrogen and oxygen atoms in total. The molecule has 1 aromatic rings. The highest BCUT2D eigenvalue weighted by molar-refractivity contribution is 5.93. The van der Waals surface area contributed by atoms with Gasteiger partial charge in [0.05, 0.1) is 24.1 Å². The zero-order valence-corrected chi connectivity index (χ0v) is 7.27. The molecule has 0 radical (unpaired) electrons. The Morgan fingerprint density at radius 3 is 3.00 bits per heavy atom. The third kappa shape index (κ3) is 3.16. The minimum Gasteiger partial charge on any atom is -0.392 e. The SMILES string of the molecule is CC(O)CNC(=O)c1ccnnc1. The van der Waals surface area contributed by atoms with Crippen molar-refractivity contribution in [3.63, 3.8) is 0 Å². The Kier molecular flexibility index (Phi) is 3.33. The van der Waals surface area contributed by atoms with Gasteiger partial charge in [0.2, 0.25) is 0 Å². The first kappa shape index (κ1) is 9.60. The minimum absolute atomic E-state index is 0.237. The lowest BCUT2D eigenvalue weighted by Gasteiger charge is -2.05. The van der Waals surface area contributed by atoms with Gasteiger partial charge < -0.3 is 10.4 Å². The molecule has 0 saturated heterocycles. The number of amides is 1. The van der Waals surface area contributed by atoms with Crippen LogP contribution in [0, 0.1) is 0 Å². The molecular weight excluding hydrogens is 170 g/mol. The highest BCUT2D eigenvalue weighted by Gasteiger charge is 2.05. The van der Waals surface area contributed by atoms with Gasteiger partial charge in [0.25, 0.3) is 5.91 Å². The summed E-state index contributed by atoms with van der Waals surface area (Å²) in [5.74, 6) is -0.254. The van der Waals surface area contributed by atoms with Crippen LogP contribution in [0.25, 0.3) is 0 Å². The normalized spacial score (nSPS) is 12.2. The number of carbonyl (C=O) groups is 1. The van der Waals surface area contributed by atoms with E-state index < -0.39 is 6.10 Å². The fourth-order valence-corrected chi connectivity index (χ4v) is 0.767. The second-order valence-electron chi connectivity index (χ2n) is 2.69. The Morgan fingerprint density at radius 1 is 1.69 bits per heavy atom. The maximum absolute atomic E-state index is 11.3. The number of hydrogen-bond acceptors (Lipinski definition) is 4. The van der Waals surface area contributed by atoms with Gasteiger partial charge in [0.15, 0.2) is 0 Å². The third-order valence-corrected chi connectivity index (χ3v) is 1.40. The Bertz CT molecular complexity index is 274. The van der Waals surface area contributed by atoms with Crippen molar-refractivity contribution < 1.29 is 9.90 Å².